The smallest absolute Gasteiger partial charge is 0.232 e. The van der Waals surface area contributed by atoms with Crippen LogP contribution in [0, 0.1) is 12.7 Å². The lowest BCUT2D eigenvalue weighted by Gasteiger charge is -2.27. The molecule has 0 radical (unpaired) electrons. The lowest BCUT2D eigenvalue weighted by Crippen LogP contribution is -2.37. The third kappa shape index (κ3) is 3.58. The van der Waals surface area contributed by atoms with E-state index in [-0.39, 0.29) is 5.82 Å². The van der Waals surface area contributed by atoms with E-state index in [1.807, 2.05) is 23.6 Å². The highest BCUT2D eigenvalue weighted by atomic mass is 32.2. The molecule has 9 heteroatoms. The Kier molecular flexibility index (Phi) is 4.89. The van der Waals surface area contributed by atoms with Crippen LogP contribution >= 0.6 is 11.8 Å². The second-order valence-electron chi connectivity index (χ2n) is 5.91. The Balaban J connectivity index is 1.67. The van der Waals surface area contributed by atoms with E-state index in [9.17, 15) is 4.39 Å². The molecule has 0 spiro atoms. The van der Waals surface area contributed by atoms with Crippen LogP contribution in [0.2, 0.25) is 0 Å². The largest absolute Gasteiger partial charge is 0.378 e. The second kappa shape index (κ2) is 7.46. The van der Waals surface area contributed by atoms with Crippen LogP contribution in [-0.4, -0.2) is 46.2 Å². The predicted molar refractivity (Wildman–Crippen MR) is 95.2 cm³/mol. The van der Waals surface area contributed by atoms with E-state index >= 15 is 0 Å². The van der Waals surface area contributed by atoms with Gasteiger partial charge in [0.05, 0.1) is 24.6 Å². The van der Waals surface area contributed by atoms with E-state index in [1.54, 1.807) is 6.07 Å². The molecule has 4 rings (SSSR count). The first-order valence-corrected chi connectivity index (χ1v) is 9.28. The molecule has 1 aliphatic heterocycles. The van der Waals surface area contributed by atoms with E-state index < -0.39 is 0 Å². The second-order valence-corrected chi connectivity index (χ2v) is 6.86. The van der Waals surface area contributed by atoms with E-state index in [4.69, 9.17) is 9.26 Å². The molecule has 1 saturated heterocycles. The van der Waals surface area contributed by atoms with Gasteiger partial charge in [-0.15, -0.1) is 10.2 Å². The molecule has 2 aromatic heterocycles. The molecule has 0 amide bonds. The topological polar surface area (TPSA) is 69.2 Å². The molecule has 0 atom stereocenters. The molecule has 0 aliphatic carbocycles. The number of benzene rings is 1. The molecule has 1 fully saturated rings. The summed E-state index contributed by atoms with van der Waals surface area (Å²) in [4.78, 5) is 2.10. The van der Waals surface area contributed by atoms with Crippen LogP contribution in [0.3, 0.4) is 0 Å². The summed E-state index contributed by atoms with van der Waals surface area (Å²) in [6.07, 6.45) is 0. The summed E-state index contributed by atoms with van der Waals surface area (Å²) < 4.78 is 26.2. The van der Waals surface area contributed by atoms with Gasteiger partial charge in [0.15, 0.2) is 5.16 Å². The molecule has 0 bridgehead atoms. The minimum atomic E-state index is -0.299. The van der Waals surface area contributed by atoms with Gasteiger partial charge in [-0.05, 0) is 25.1 Å². The summed E-state index contributed by atoms with van der Waals surface area (Å²) in [5.41, 5.74) is 1.52. The first-order valence-electron chi connectivity index (χ1n) is 8.30. The number of hydrogen-bond acceptors (Lipinski definition) is 7. The zero-order valence-electron chi connectivity index (χ0n) is 14.3. The fourth-order valence-corrected chi connectivity index (χ4v) is 3.62. The lowest BCUT2D eigenvalue weighted by molar-refractivity contribution is 0.122. The molecule has 7 nitrogen and oxygen atoms in total. The third-order valence-electron chi connectivity index (χ3n) is 4.00. The molecule has 0 unspecified atom stereocenters. The molecular weight excluding hydrogens is 357 g/mol. The van der Waals surface area contributed by atoms with Crippen molar-refractivity contribution in [3.8, 4) is 5.69 Å². The quantitative estimate of drug-likeness (QED) is 0.635. The van der Waals surface area contributed by atoms with Gasteiger partial charge in [-0.3, -0.25) is 4.57 Å². The van der Waals surface area contributed by atoms with Crippen molar-refractivity contribution in [2.45, 2.75) is 17.8 Å². The fraction of sp³-hybridized carbons (Fsp3) is 0.353. The van der Waals surface area contributed by atoms with E-state index in [2.05, 4.69) is 20.3 Å². The van der Waals surface area contributed by atoms with E-state index in [0.29, 0.717) is 35.8 Å². The average molecular weight is 375 g/mol. The van der Waals surface area contributed by atoms with Crippen molar-refractivity contribution in [1.82, 2.24) is 19.9 Å². The summed E-state index contributed by atoms with van der Waals surface area (Å²) in [6.45, 7) is 4.57. The summed E-state index contributed by atoms with van der Waals surface area (Å²) in [5.74, 6) is 1.75. The van der Waals surface area contributed by atoms with Gasteiger partial charge >= 0.3 is 0 Å². The molecule has 3 aromatic rings. The van der Waals surface area contributed by atoms with Crippen molar-refractivity contribution in [3.63, 3.8) is 0 Å². The molecule has 136 valence electrons. The molecule has 1 aliphatic rings. The summed E-state index contributed by atoms with van der Waals surface area (Å²) in [5, 5.41) is 13.4. The maximum Gasteiger partial charge on any atom is 0.232 e. The van der Waals surface area contributed by atoms with Gasteiger partial charge < -0.3 is 14.2 Å². The number of aryl methyl sites for hydroxylation is 1. The summed E-state index contributed by atoms with van der Waals surface area (Å²) in [6, 6.07) is 8.33. The van der Waals surface area contributed by atoms with Gasteiger partial charge in [-0.25, -0.2) is 4.39 Å². The summed E-state index contributed by atoms with van der Waals surface area (Å²) in [7, 11) is 0. The average Bonchev–Trinajstić information content (AvgIpc) is 3.26. The molecule has 0 N–H and O–H groups in total. The number of anilines is 1. The zero-order valence-corrected chi connectivity index (χ0v) is 15.1. The SMILES string of the molecule is Cc1cc(CSc2nnc(N3CCOCC3)n2-c2cccc(F)c2)no1. The van der Waals surface area contributed by atoms with Crippen molar-refractivity contribution in [3.05, 3.63) is 47.6 Å². The van der Waals surface area contributed by atoms with Crippen LogP contribution in [0.15, 0.2) is 40.0 Å². The number of ether oxygens (including phenoxy) is 1. The highest BCUT2D eigenvalue weighted by Gasteiger charge is 2.22. The van der Waals surface area contributed by atoms with Crippen LogP contribution in [0.1, 0.15) is 11.5 Å². The van der Waals surface area contributed by atoms with E-state index in [0.717, 1.165) is 24.5 Å². The van der Waals surface area contributed by atoms with E-state index in [1.165, 1.54) is 23.9 Å². The van der Waals surface area contributed by atoms with Gasteiger partial charge in [0.25, 0.3) is 0 Å². The van der Waals surface area contributed by atoms with Crippen molar-refractivity contribution in [2.24, 2.45) is 0 Å². The number of nitrogens with zero attached hydrogens (tertiary/aromatic N) is 5. The first-order chi connectivity index (χ1) is 12.7. The zero-order chi connectivity index (χ0) is 17.9. The van der Waals surface area contributed by atoms with Gasteiger partial charge in [0.2, 0.25) is 5.95 Å². The number of morpholine rings is 1. The monoisotopic (exact) mass is 375 g/mol. The Labute approximate surface area is 154 Å². The minimum Gasteiger partial charge on any atom is -0.378 e. The standard InChI is InChI=1S/C17H18FN5O2S/c1-12-9-14(21-25-12)11-26-17-20-19-16(22-5-7-24-8-6-22)23(17)15-4-2-3-13(18)10-15/h2-4,9-10H,5-8,11H2,1H3. The molecule has 0 saturated carbocycles. The van der Waals surface area contributed by atoms with Gasteiger partial charge in [-0.2, -0.15) is 0 Å². The van der Waals surface area contributed by atoms with Crippen molar-refractivity contribution < 1.29 is 13.7 Å². The molecule has 3 heterocycles. The van der Waals surface area contributed by atoms with Crippen LogP contribution in [0.5, 0.6) is 0 Å². The van der Waals surface area contributed by atoms with Crippen molar-refractivity contribution >= 4 is 17.7 Å². The van der Waals surface area contributed by atoms with Crippen molar-refractivity contribution in [1.29, 1.82) is 0 Å². The number of rotatable bonds is 5. The van der Waals surface area contributed by atoms with Gasteiger partial charge in [0, 0.05) is 24.9 Å². The number of thioether (sulfide) groups is 1. The van der Waals surface area contributed by atoms with Gasteiger partial charge in [-0.1, -0.05) is 23.0 Å². The first kappa shape index (κ1) is 17.0. The predicted octanol–water partition coefficient (Wildman–Crippen LogP) is 2.83. The lowest BCUT2D eigenvalue weighted by atomic mass is 10.3. The number of halogens is 1. The normalized spacial score (nSPS) is 14.8. The van der Waals surface area contributed by atoms with Gasteiger partial charge in [0.1, 0.15) is 11.6 Å². The van der Waals surface area contributed by atoms with Crippen molar-refractivity contribution in [2.75, 3.05) is 31.2 Å². The Morgan fingerprint density at radius 3 is 2.77 bits per heavy atom. The highest BCUT2D eigenvalue weighted by Crippen LogP contribution is 2.29. The van der Waals surface area contributed by atoms with Crippen LogP contribution in [0.4, 0.5) is 10.3 Å². The third-order valence-corrected chi connectivity index (χ3v) is 4.97. The van der Waals surface area contributed by atoms with Crippen LogP contribution < -0.4 is 4.90 Å². The summed E-state index contributed by atoms with van der Waals surface area (Å²) >= 11 is 1.49. The maximum atomic E-state index is 13.8. The number of aromatic nitrogens is 4. The number of hydrogen-bond donors (Lipinski definition) is 0. The Bertz CT molecular complexity index is 891. The van der Waals surface area contributed by atoms with Crippen LogP contribution in [0.25, 0.3) is 5.69 Å². The van der Waals surface area contributed by atoms with Crippen LogP contribution in [-0.2, 0) is 10.5 Å². The Hall–Kier alpha value is -2.39. The highest BCUT2D eigenvalue weighted by molar-refractivity contribution is 7.98. The molecule has 26 heavy (non-hydrogen) atoms. The molecule has 1 aromatic carbocycles. The molecular formula is C17H18FN5O2S. The maximum absolute atomic E-state index is 13.8. The Morgan fingerprint density at radius 2 is 2.04 bits per heavy atom. The Morgan fingerprint density at radius 1 is 1.19 bits per heavy atom. The minimum absolute atomic E-state index is 0.299. The fourth-order valence-electron chi connectivity index (χ4n) is 2.79.